The van der Waals surface area contributed by atoms with Gasteiger partial charge in [-0.05, 0) is 23.3 Å². The molecule has 1 aliphatic heterocycles. The number of carboxylic acid groups (broad SMARTS) is 1. The van der Waals surface area contributed by atoms with Crippen molar-refractivity contribution in [2.45, 2.75) is 39.1 Å². The van der Waals surface area contributed by atoms with Crippen LogP contribution in [-0.2, 0) is 27.3 Å². The van der Waals surface area contributed by atoms with Crippen molar-refractivity contribution < 1.29 is 37.4 Å². The average Bonchev–Trinajstić information content (AvgIpc) is 2.85. The normalized spacial score (nSPS) is 15.9. The van der Waals surface area contributed by atoms with Crippen molar-refractivity contribution in [3.8, 4) is 0 Å². The minimum atomic E-state index is -5.08. The molecule has 1 atom stereocenters. The minimum absolute atomic E-state index is 0.0408. The van der Waals surface area contributed by atoms with Gasteiger partial charge >= 0.3 is 12.1 Å². The highest BCUT2D eigenvalue weighted by atomic mass is 35.5. The molecule has 1 amide bonds. The molecule has 0 spiro atoms. The van der Waals surface area contributed by atoms with Crippen molar-refractivity contribution in [1.29, 1.82) is 0 Å². The first-order valence-corrected chi connectivity index (χ1v) is 12.5. The number of rotatable bonds is 8. The van der Waals surface area contributed by atoms with Gasteiger partial charge in [0.25, 0.3) is 0 Å². The highest BCUT2D eigenvalue weighted by molar-refractivity contribution is 6.42. The summed E-state index contributed by atoms with van der Waals surface area (Å²) in [5, 5.41) is 11.2. The van der Waals surface area contributed by atoms with Gasteiger partial charge in [0.2, 0.25) is 5.91 Å². The molecule has 1 aliphatic rings. The molecule has 3 rings (SSSR count). The number of ether oxygens (including phenoxy) is 1. The van der Waals surface area contributed by atoms with Crippen LogP contribution in [0.5, 0.6) is 0 Å². The summed E-state index contributed by atoms with van der Waals surface area (Å²) in [7, 11) is 0. The van der Waals surface area contributed by atoms with E-state index in [0.29, 0.717) is 28.8 Å². The fourth-order valence-electron chi connectivity index (χ4n) is 3.54. The molecule has 1 unspecified atom stereocenters. The van der Waals surface area contributed by atoms with Crippen LogP contribution in [0.1, 0.15) is 35.3 Å². The first-order chi connectivity index (χ1) is 17.8. The van der Waals surface area contributed by atoms with Gasteiger partial charge in [-0.15, -0.1) is 0 Å². The van der Waals surface area contributed by atoms with Crippen molar-refractivity contribution in [2.75, 3.05) is 26.2 Å². The molecular weight excluding hydrogens is 548 g/mol. The lowest BCUT2D eigenvalue weighted by molar-refractivity contribution is -0.192. The van der Waals surface area contributed by atoms with Crippen LogP contribution in [0.3, 0.4) is 0 Å². The van der Waals surface area contributed by atoms with E-state index >= 15 is 0 Å². The SMILES string of the molecule is CC(C)C(=O)c1ccc(CC(=O)NCC2CN(Cc3ccc(Cl)c(Cl)c3)CCO2)cc1.O=C(O)C(F)(F)F. The Hall–Kier alpha value is -2.66. The van der Waals surface area contributed by atoms with Crippen LogP contribution in [0.2, 0.25) is 10.0 Å². The number of nitrogens with one attached hydrogen (secondary N) is 1. The summed E-state index contributed by atoms with van der Waals surface area (Å²) in [6, 6.07) is 12.9. The molecule has 0 radical (unpaired) electrons. The van der Waals surface area contributed by atoms with Crippen molar-refractivity contribution in [1.82, 2.24) is 10.2 Å². The number of aliphatic carboxylic acids is 1. The van der Waals surface area contributed by atoms with Crippen molar-refractivity contribution >= 4 is 40.9 Å². The molecule has 2 N–H and O–H groups in total. The number of carbonyl (C=O) groups excluding carboxylic acids is 2. The Kier molecular flexibility index (Phi) is 12.0. The highest BCUT2D eigenvalue weighted by Gasteiger charge is 2.38. The summed E-state index contributed by atoms with van der Waals surface area (Å²) >= 11 is 12.1. The summed E-state index contributed by atoms with van der Waals surface area (Å²) in [5.41, 5.74) is 2.65. The van der Waals surface area contributed by atoms with E-state index in [0.717, 1.165) is 30.8 Å². The number of hydrogen-bond donors (Lipinski definition) is 2. The molecular formula is C26H29Cl2F3N2O5. The van der Waals surface area contributed by atoms with Gasteiger partial charge in [-0.2, -0.15) is 13.2 Å². The monoisotopic (exact) mass is 576 g/mol. The van der Waals surface area contributed by atoms with Crippen LogP contribution in [0, 0.1) is 5.92 Å². The van der Waals surface area contributed by atoms with Gasteiger partial charge in [-0.25, -0.2) is 4.79 Å². The van der Waals surface area contributed by atoms with E-state index in [-0.39, 0.29) is 30.1 Å². The molecule has 38 heavy (non-hydrogen) atoms. The number of amides is 1. The molecule has 0 aromatic heterocycles. The zero-order chi connectivity index (χ0) is 28.5. The number of benzene rings is 2. The van der Waals surface area contributed by atoms with E-state index in [1.807, 2.05) is 44.2 Å². The Morgan fingerprint density at radius 2 is 1.68 bits per heavy atom. The van der Waals surface area contributed by atoms with Gasteiger partial charge in [-0.3, -0.25) is 14.5 Å². The quantitative estimate of drug-likeness (QED) is 0.428. The lowest BCUT2D eigenvalue weighted by Gasteiger charge is -2.33. The van der Waals surface area contributed by atoms with Gasteiger partial charge in [0.15, 0.2) is 5.78 Å². The number of Topliss-reactive ketones (excluding diaryl/α,β-unsaturated/α-hetero) is 1. The second-order valence-corrected chi connectivity index (χ2v) is 9.79. The van der Waals surface area contributed by atoms with E-state index in [4.69, 9.17) is 37.8 Å². The third-order valence-electron chi connectivity index (χ3n) is 5.51. The molecule has 0 saturated carbocycles. The van der Waals surface area contributed by atoms with Gasteiger partial charge < -0.3 is 15.2 Å². The van der Waals surface area contributed by atoms with Crippen molar-refractivity contribution in [2.24, 2.45) is 5.92 Å². The number of hydrogen-bond acceptors (Lipinski definition) is 5. The summed E-state index contributed by atoms with van der Waals surface area (Å²) in [5.74, 6) is -2.75. The van der Waals surface area contributed by atoms with E-state index in [2.05, 4.69) is 10.2 Å². The second kappa shape index (κ2) is 14.5. The van der Waals surface area contributed by atoms with Gasteiger partial charge in [-0.1, -0.05) is 67.4 Å². The summed E-state index contributed by atoms with van der Waals surface area (Å²) < 4.78 is 37.5. The molecule has 1 heterocycles. The first-order valence-electron chi connectivity index (χ1n) is 11.7. The van der Waals surface area contributed by atoms with Crippen LogP contribution < -0.4 is 5.32 Å². The Bertz CT molecular complexity index is 1110. The minimum Gasteiger partial charge on any atom is -0.475 e. The molecule has 0 bridgehead atoms. The molecule has 208 valence electrons. The van der Waals surface area contributed by atoms with Crippen LogP contribution in [0.25, 0.3) is 0 Å². The standard InChI is InChI=1S/C24H28Cl2N2O3.C2HF3O2/c1-16(2)24(30)19-6-3-17(4-7-19)12-23(29)27-13-20-15-28(9-10-31-20)14-18-5-8-21(25)22(26)11-18;3-2(4,5)1(6)7/h3-8,11,16,20H,9-10,12-15H2,1-2H3,(H,27,29);(H,6,7). The fraction of sp³-hybridized carbons (Fsp3) is 0.423. The lowest BCUT2D eigenvalue weighted by atomic mass is 9.99. The van der Waals surface area contributed by atoms with E-state index in [9.17, 15) is 22.8 Å². The topological polar surface area (TPSA) is 95.9 Å². The summed E-state index contributed by atoms with van der Waals surface area (Å²) in [6.45, 7) is 7.14. The Morgan fingerprint density at radius 3 is 2.24 bits per heavy atom. The summed E-state index contributed by atoms with van der Waals surface area (Å²) in [4.78, 5) is 35.5. The van der Waals surface area contributed by atoms with Crippen LogP contribution in [0.15, 0.2) is 42.5 Å². The number of nitrogens with zero attached hydrogens (tertiary/aromatic N) is 1. The molecule has 1 saturated heterocycles. The number of morpholine rings is 1. The predicted octanol–water partition coefficient (Wildman–Crippen LogP) is 5.03. The molecule has 0 aliphatic carbocycles. The third kappa shape index (κ3) is 10.6. The average molecular weight is 577 g/mol. The van der Waals surface area contributed by atoms with Crippen molar-refractivity contribution in [3.05, 3.63) is 69.2 Å². The van der Waals surface area contributed by atoms with Crippen LogP contribution >= 0.6 is 23.2 Å². The van der Waals surface area contributed by atoms with E-state index in [1.165, 1.54) is 0 Å². The maximum absolute atomic E-state index is 12.3. The number of alkyl halides is 3. The number of halogens is 5. The maximum atomic E-state index is 12.3. The summed E-state index contributed by atoms with van der Waals surface area (Å²) in [6.07, 6.45) is -4.87. The predicted molar refractivity (Wildman–Crippen MR) is 137 cm³/mol. The fourth-order valence-corrected chi connectivity index (χ4v) is 3.86. The van der Waals surface area contributed by atoms with E-state index < -0.39 is 12.1 Å². The maximum Gasteiger partial charge on any atom is 0.490 e. The molecule has 12 heteroatoms. The Labute approximate surface area is 228 Å². The van der Waals surface area contributed by atoms with Gasteiger partial charge in [0, 0.05) is 37.7 Å². The Morgan fingerprint density at radius 1 is 1.08 bits per heavy atom. The first kappa shape index (κ1) is 31.6. The van der Waals surface area contributed by atoms with Gasteiger partial charge in [0.05, 0.1) is 29.2 Å². The number of carboxylic acids is 1. The second-order valence-electron chi connectivity index (χ2n) is 8.98. The van der Waals surface area contributed by atoms with E-state index in [1.54, 1.807) is 12.1 Å². The zero-order valence-corrected chi connectivity index (χ0v) is 22.4. The molecule has 1 fully saturated rings. The van der Waals surface area contributed by atoms with Crippen LogP contribution in [-0.4, -0.2) is 66.2 Å². The molecule has 7 nitrogen and oxygen atoms in total. The molecule has 2 aromatic rings. The number of ketones is 1. The number of carbonyl (C=O) groups is 3. The highest BCUT2D eigenvalue weighted by Crippen LogP contribution is 2.23. The van der Waals surface area contributed by atoms with Gasteiger partial charge in [0.1, 0.15) is 0 Å². The van der Waals surface area contributed by atoms with Crippen LogP contribution in [0.4, 0.5) is 13.2 Å². The molecule has 2 aromatic carbocycles. The Balaban J connectivity index is 0.000000638. The lowest BCUT2D eigenvalue weighted by Crippen LogP contribution is -2.47. The zero-order valence-electron chi connectivity index (χ0n) is 20.9. The van der Waals surface area contributed by atoms with Crippen molar-refractivity contribution in [3.63, 3.8) is 0 Å². The smallest absolute Gasteiger partial charge is 0.475 e. The largest absolute Gasteiger partial charge is 0.490 e. The third-order valence-corrected chi connectivity index (χ3v) is 6.25.